The van der Waals surface area contributed by atoms with Gasteiger partial charge in [0.15, 0.2) is 5.84 Å². The fraction of sp³-hybridized carbons (Fsp3) is 0.333. The molecule has 0 atom stereocenters. The number of amidine groups is 1. The van der Waals surface area contributed by atoms with E-state index in [1.807, 2.05) is 0 Å². The monoisotopic (exact) mass is 230 g/mol. The van der Waals surface area contributed by atoms with Crippen molar-refractivity contribution in [1.82, 2.24) is 4.98 Å². The summed E-state index contributed by atoms with van der Waals surface area (Å²) in [5, 5.41) is 11.2. The Morgan fingerprint density at radius 3 is 2.88 bits per heavy atom. The Kier molecular flexibility index (Phi) is 3.98. The molecule has 88 valence electrons. The maximum absolute atomic E-state index is 12.1. The second kappa shape index (κ2) is 5.24. The number of hydrogen-bond acceptors (Lipinski definition) is 4. The molecular weight excluding hydrogens is 218 g/mol. The minimum atomic E-state index is -2.45. The number of halogens is 2. The summed E-state index contributed by atoms with van der Waals surface area (Å²) in [4.78, 5) is 5.26. The molecule has 0 saturated carbocycles. The second-order valence-corrected chi connectivity index (χ2v) is 3.14. The van der Waals surface area contributed by atoms with Gasteiger partial charge in [0, 0.05) is 7.05 Å². The Balaban J connectivity index is 2.90. The lowest BCUT2D eigenvalue weighted by Gasteiger charge is -2.17. The van der Waals surface area contributed by atoms with Crippen LogP contribution in [-0.2, 0) is 0 Å². The van der Waals surface area contributed by atoms with Gasteiger partial charge in [0.05, 0.1) is 6.54 Å². The van der Waals surface area contributed by atoms with Crippen molar-refractivity contribution in [3.8, 4) is 0 Å². The molecule has 0 aliphatic heterocycles. The summed E-state index contributed by atoms with van der Waals surface area (Å²) in [6.45, 7) is -0.424. The molecule has 7 heteroatoms. The van der Waals surface area contributed by atoms with Crippen molar-refractivity contribution < 1.29 is 14.0 Å². The van der Waals surface area contributed by atoms with Gasteiger partial charge in [-0.15, -0.1) is 0 Å². The average Bonchev–Trinajstić information content (AvgIpc) is 2.27. The van der Waals surface area contributed by atoms with Crippen LogP contribution in [0.1, 0.15) is 5.69 Å². The van der Waals surface area contributed by atoms with Gasteiger partial charge in [0.2, 0.25) is 0 Å². The van der Waals surface area contributed by atoms with E-state index in [0.29, 0.717) is 5.82 Å². The average molecular weight is 230 g/mol. The predicted octanol–water partition coefficient (Wildman–Crippen LogP) is 0.877. The predicted molar refractivity (Wildman–Crippen MR) is 56.0 cm³/mol. The first-order chi connectivity index (χ1) is 7.54. The second-order valence-electron chi connectivity index (χ2n) is 3.14. The molecule has 1 heterocycles. The highest BCUT2D eigenvalue weighted by molar-refractivity contribution is 5.95. The number of aromatic nitrogens is 1. The first kappa shape index (κ1) is 12.2. The van der Waals surface area contributed by atoms with E-state index >= 15 is 0 Å². The molecule has 0 radical (unpaired) electrons. The number of oxime groups is 1. The van der Waals surface area contributed by atoms with Crippen LogP contribution in [0.3, 0.4) is 0 Å². The minimum absolute atomic E-state index is 0.160. The van der Waals surface area contributed by atoms with Crippen molar-refractivity contribution >= 4 is 11.7 Å². The standard InChI is InChI=1S/C9H12F2N4O/c1-15(5-7(10)11)8-4-2-3-6(13-8)9(12)14-16/h2-4,7,16H,5H2,1H3,(H2,12,14). The van der Waals surface area contributed by atoms with Crippen LogP contribution >= 0.6 is 0 Å². The summed E-state index contributed by atoms with van der Waals surface area (Å²) >= 11 is 0. The van der Waals surface area contributed by atoms with Crippen LogP contribution in [0.2, 0.25) is 0 Å². The number of pyridine rings is 1. The molecule has 1 rings (SSSR count). The largest absolute Gasteiger partial charge is 0.409 e. The van der Waals surface area contributed by atoms with E-state index in [4.69, 9.17) is 10.9 Å². The Hall–Kier alpha value is -1.92. The van der Waals surface area contributed by atoms with E-state index in [1.54, 1.807) is 12.1 Å². The zero-order chi connectivity index (χ0) is 12.1. The van der Waals surface area contributed by atoms with Crippen LogP contribution in [0, 0.1) is 0 Å². The first-order valence-corrected chi connectivity index (χ1v) is 4.49. The third-order valence-corrected chi connectivity index (χ3v) is 1.91. The van der Waals surface area contributed by atoms with Crippen molar-refractivity contribution in [3.05, 3.63) is 23.9 Å². The van der Waals surface area contributed by atoms with Gasteiger partial charge in [-0.3, -0.25) is 0 Å². The van der Waals surface area contributed by atoms with Gasteiger partial charge in [-0.25, -0.2) is 13.8 Å². The lowest BCUT2D eigenvalue weighted by Crippen LogP contribution is -2.26. The van der Waals surface area contributed by atoms with E-state index in [1.165, 1.54) is 18.0 Å². The topological polar surface area (TPSA) is 74.7 Å². The molecule has 0 unspecified atom stereocenters. The smallest absolute Gasteiger partial charge is 0.255 e. The summed E-state index contributed by atoms with van der Waals surface area (Å²) < 4.78 is 24.3. The summed E-state index contributed by atoms with van der Waals surface area (Å²) in [5.74, 6) is 0.177. The third-order valence-electron chi connectivity index (χ3n) is 1.91. The number of anilines is 1. The Labute approximate surface area is 91.2 Å². The van der Waals surface area contributed by atoms with Crippen LogP contribution in [0.15, 0.2) is 23.4 Å². The summed E-state index contributed by atoms with van der Waals surface area (Å²) in [7, 11) is 1.49. The van der Waals surface area contributed by atoms with Crippen LogP contribution in [0.5, 0.6) is 0 Å². The SMILES string of the molecule is CN(CC(F)F)c1cccc(/C(N)=N/O)n1. The van der Waals surface area contributed by atoms with Gasteiger partial charge < -0.3 is 15.8 Å². The lowest BCUT2D eigenvalue weighted by atomic mass is 10.3. The Bertz CT molecular complexity index is 384. The first-order valence-electron chi connectivity index (χ1n) is 4.49. The van der Waals surface area contributed by atoms with Crippen molar-refractivity contribution in [2.45, 2.75) is 6.43 Å². The molecule has 0 amide bonds. The summed E-state index contributed by atoms with van der Waals surface area (Å²) in [5.41, 5.74) is 5.57. The maximum Gasteiger partial charge on any atom is 0.255 e. The van der Waals surface area contributed by atoms with Gasteiger partial charge in [-0.05, 0) is 12.1 Å². The zero-order valence-corrected chi connectivity index (χ0v) is 8.64. The summed E-state index contributed by atoms with van der Waals surface area (Å²) in [6, 6.07) is 4.68. The number of nitrogens with two attached hydrogens (primary N) is 1. The molecule has 3 N–H and O–H groups in total. The molecule has 0 bridgehead atoms. The van der Waals surface area contributed by atoms with Crippen molar-refractivity contribution in [2.75, 3.05) is 18.5 Å². The number of rotatable bonds is 4. The van der Waals surface area contributed by atoms with E-state index < -0.39 is 13.0 Å². The highest BCUT2D eigenvalue weighted by atomic mass is 19.3. The van der Waals surface area contributed by atoms with Gasteiger partial charge in [-0.2, -0.15) is 0 Å². The fourth-order valence-corrected chi connectivity index (χ4v) is 1.13. The van der Waals surface area contributed by atoms with Crippen molar-refractivity contribution in [1.29, 1.82) is 0 Å². The van der Waals surface area contributed by atoms with Crippen molar-refractivity contribution in [3.63, 3.8) is 0 Å². The van der Waals surface area contributed by atoms with Crippen LogP contribution in [0.25, 0.3) is 0 Å². The van der Waals surface area contributed by atoms with E-state index in [2.05, 4.69) is 10.1 Å². The third kappa shape index (κ3) is 3.04. The molecule has 0 spiro atoms. The van der Waals surface area contributed by atoms with Crippen LogP contribution in [-0.4, -0.2) is 36.0 Å². The quantitative estimate of drug-likeness (QED) is 0.348. The number of nitrogens with zero attached hydrogens (tertiary/aromatic N) is 3. The Morgan fingerprint density at radius 1 is 1.62 bits per heavy atom. The molecule has 16 heavy (non-hydrogen) atoms. The molecule has 5 nitrogen and oxygen atoms in total. The van der Waals surface area contributed by atoms with E-state index in [9.17, 15) is 8.78 Å². The molecular formula is C9H12F2N4O. The zero-order valence-electron chi connectivity index (χ0n) is 8.64. The van der Waals surface area contributed by atoms with Gasteiger partial charge in [-0.1, -0.05) is 11.2 Å². The molecule has 0 aliphatic rings. The van der Waals surface area contributed by atoms with Crippen LogP contribution in [0.4, 0.5) is 14.6 Å². The normalized spacial score (nSPS) is 11.9. The number of alkyl halides is 2. The fourth-order valence-electron chi connectivity index (χ4n) is 1.13. The van der Waals surface area contributed by atoms with Gasteiger partial charge in [0.1, 0.15) is 11.5 Å². The molecule has 0 saturated heterocycles. The minimum Gasteiger partial charge on any atom is -0.409 e. The molecule has 1 aromatic rings. The van der Waals surface area contributed by atoms with Crippen LogP contribution < -0.4 is 10.6 Å². The van der Waals surface area contributed by atoms with Gasteiger partial charge >= 0.3 is 0 Å². The molecule has 0 aromatic carbocycles. The number of hydrogen-bond donors (Lipinski definition) is 2. The lowest BCUT2D eigenvalue weighted by molar-refractivity contribution is 0.156. The molecule has 1 aromatic heterocycles. The van der Waals surface area contributed by atoms with E-state index in [-0.39, 0.29) is 11.5 Å². The van der Waals surface area contributed by atoms with Gasteiger partial charge in [0.25, 0.3) is 6.43 Å². The molecule has 0 fully saturated rings. The summed E-state index contributed by atoms with van der Waals surface area (Å²) in [6.07, 6.45) is -2.45. The van der Waals surface area contributed by atoms with Crippen molar-refractivity contribution in [2.24, 2.45) is 10.9 Å². The maximum atomic E-state index is 12.1. The highest BCUT2D eigenvalue weighted by Crippen LogP contribution is 2.11. The Morgan fingerprint density at radius 2 is 2.31 bits per heavy atom. The highest BCUT2D eigenvalue weighted by Gasteiger charge is 2.10. The molecule has 0 aliphatic carbocycles. The van der Waals surface area contributed by atoms with E-state index in [0.717, 1.165) is 0 Å².